The molecule has 2 aromatic carbocycles. The van der Waals surface area contributed by atoms with Crippen molar-refractivity contribution >= 4 is 23.5 Å². The van der Waals surface area contributed by atoms with E-state index >= 15 is 0 Å². The van der Waals surface area contributed by atoms with Gasteiger partial charge < -0.3 is 15.0 Å². The second-order valence-electron chi connectivity index (χ2n) is 9.19. The number of hydrogen-bond acceptors (Lipinski definition) is 8. The SMILES string of the molecule is O=C1c2cc(-c3nc(NC4CCOCC4)ncc3Cl)ccc2CN1CCc1cccc(-n2cnnn2)c1. The molecule has 4 heterocycles. The molecule has 10 nitrogen and oxygen atoms in total. The van der Waals surface area contributed by atoms with Crippen LogP contribution < -0.4 is 5.32 Å². The van der Waals surface area contributed by atoms with E-state index in [-0.39, 0.29) is 11.9 Å². The summed E-state index contributed by atoms with van der Waals surface area (Å²) in [5.74, 6) is 0.544. The number of anilines is 1. The topological polar surface area (TPSA) is 111 Å². The van der Waals surface area contributed by atoms with E-state index in [2.05, 4.69) is 30.8 Å². The van der Waals surface area contributed by atoms with Gasteiger partial charge in [-0.05, 0) is 59.0 Å². The van der Waals surface area contributed by atoms with Crippen LogP contribution in [0.25, 0.3) is 16.9 Å². The van der Waals surface area contributed by atoms with Gasteiger partial charge in [-0.2, -0.15) is 0 Å². The van der Waals surface area contributed by atoms with Crippen LogP contribution in [0.3, 0.4) is 0 Å². The van der Waals surface area contributed by atoms with Crippen LogP contribution >= 0.6 is 11.6 Å². The average molecular weight is 517 g/mol. The predicted octanol–water partition coefficient (Wildman–Crippen LogP) is 3.56. The Labute approximate surface area is 218 Å². The lowest BCUT2D eigenvalue weighted by Gasteiger charge is -2.23. The molecule has 0 atom stereocenters. The molecule has 2 aliphatic rings. The minimum Gasteiger partial charge on any atom is -0.381 e. The third kappa shape index (κ3) is 5.03. The lowest BCUT2D eigenvalue weighted by Crippen LogP contribution is -2.28. The molecule has 6 rings (SSSR count). The van der Waals surface area contributed by atoms with Gasteiger partial charge in [-0.1, -0.05) is 35.9 Å². The van der Waals surface area contributed by atoms with Crippen molar-refractivity contribution < 1.29 is 9.53 Å². The van der Waals surface area contributed by atoms with Gasteiger partial charge in [0.05, 0.1) is 22.6 Å². The van der Waals surface area contributed by atoms with Gasteiger partial charge in [-0.3, -0.25) is 4.79 Å². The van der Waals surface area contributed by atoms with Crippen LogP contribution in [0.1, 0.15) is 34.3 Å². The number of benzene rings is 2. The molecule has 0 saturated carbocycles. The van der Waals surface area contributed by atoms with E-state index in [1.807, 2.05) is 47.4 Å². The third-order valence-electron chi connectivity index (χ3n) is 6.76. The fourth-order valence-electron chi connectivity index (χ4n) is 4.75. The third-order valence-corrected chi connectivity index (χ3v) is 7.03. The highest BCUT2D eigenvalue weighted by atomic mass is 35.5. The fourth-order valence-corrected chi connectivity index (χ4v) is 4.95. The van der Waals surface area contributed by atoms with E-state index in [0.29, 0.717) is 35.3 Å². The Bertz CT molecular complexity index is 1420. The van der Waals surface area contributed by atoms with Gasteiger partial charge in [0, 0.05) is 43.5 Å². The highest BCUT2D eigenvalue weighted by Crippen LogP contribution is 2.32. The van der Waals surface area contributed by atoms with Crippen molar-refractivity contribution in [2.45, 2.75) is 31.8 Å². The largest absolute Gasteiger partial charge is 0.381 e. The van der Waals surface area contributed by atoms with E-state index in [1.165, 1.54) is 0 Å². The Morgan fingerprint density at radius 3 is 2.86 bits per heavy atom. The number of rotatable bonds is 7. The van der Waals surface area contributed by atoms with Gasteiger partial charge in [-0.25, -0.2) is 14.6 Å². The summed E-state index contributed by atoms with van der Waals surface area (Å²) >= 11 is 6.47. The normalized spacial score (nSPS) is 15.7. The van der Waals surface area contributed by atoms with Crippen molar-refractivity contribution in [3.8, 4) is 16.9 Å². The molecule has 0 unspecified atom stereocenters. The molecule has 0 bridgehead atoms. The monoisotopic (exact) mass is 516 g/mol. The van der Waals surface area contributed by atoms with Crippen LogP contribution in [0.5, 0.6) is 0 Å². The molecule has 4 aromatic rings. The summed E-state index contributed by atoms with van der Waals surface area (Å²) < 4.78 is 7.04. The first-order valence-corrected chi connectivity index (χ1v) is 12.6. The van der Waals surface area contributed by atoms with E-state index < -0.39 is 0 Å². The number of nitrogens with one attached hydrogen (secondary N) is 1. The van der Waals surface area contributed by atoms with Crippen LogP contribution in [-0.2, 0) is 17.7 Å². The van der Waals surface area contributed by atoms with Gasteiger partial charge in [0.1, 0.15) is 6.33 Å². The van der Waals surface area contributed by atoms with Gasteiger partial charge in [0.2, 0.25) is 5.95 Å². The number of amides is 1. The van der Waals surface area contributed by atoms with Crippen molar-refractivity contribution in [2.24, 2.45) is 0 Å². The van der Waals surface area contributed by atoms with E-state index in [1.54, 1.807) is 17.2 Å². The maximum Gasteiger partial charge on any atom is 0.254 e. The summed E-state index contributed by atoms with van der Waals surface area (Å²) in [4.78, 5) is 24.2. The number of carbonyl (C=O) groups excluding carboxylic acids is 1. The standard InChI is InChI=1S/C26H25ClN8O2/c27-23-14-28-26(30-20-7-10-37-11-8-20)31-24(23)18-4-5-19-15-34(25(36)22(19)13-18)9-6-17-2-1-3-21(12-17)35-16-29-32-33-35/h1-5,12-14,16,20H,6-11,15H2,(H,28,30,31). The van der Waals surface area contributed by atoms with Gasteiger partial charge in [0.15, 0.2) is 0 Å². The summed E-state index contributed by atoms with van der Waals surface area (Å²) in [7, 11) is 0. The maximum absolute atomic E-state index is 13.3. The molecule has 188 valence electrons. The van der Waals surface area contributed by atoms with Crippen molar-refractivity contribution in [1.29, 1.82) is 0 Å². The summed E-state index contributed by atoms with van der Waals surface area (Å²) in [6, 6.07) is 14.1. The lowest BCUT2D eigenvalue weighted by atomic mass is 10.0. The van der Waals surface area contributed by atoms with Crippen LogP contribution in [0.4, 0.5) is 5.95 Å². The second kappa shape index (κ2) is 10.2. The summed E-state index contributed by atoms with van der Waals surface area (Å²) in [6.07, 6.45) is 5.71. The maximum atomic E-state index is 13.3. The number of nitrogens with zero attached hydrogens (tertiary/aromatic N) is 7. The van der Waals surface area contributed by atoms with E-state index in [9.17, 15) is 4.79 Å². The number of ether oxygens (including phenoxy) is 1. The van der Waals surface area contributed by atoms with Gasteiger partial charge >= 0.3 is 0 Å². The molecule has 0 spiro atoms. The minimum absolute atomic E-state index is 0.0132. The molecule has 1 N–H and O–H groups in total. The molecular formula is C26H25ClN8O2. The quantitative estimate of drug-likeness (QED) is 0.397. The molecular weight excluding hydrogens is 492 g/mol. The molecule has 0 aliphatic carbocycles. The zero-order valence-corrected chi connectivity index (χ0v) is 20.8. The van der Waals surface area contributed by atoms with Gasteiger partial charge in [-0.15, -0.1) is 5.10 Å². The lowest BCUT2D eigenvalue weighted by molar-refractivity contribution is 0.0780. The Kier molecular flexibility index (Phi) is 6.50. The van der Waals surface area contributed by atoms with Gasteiger partial charge in [0.25, 0.3) is 5.91 Å². The Balaban J connectivity index is 1.16. The first-order chi connectivity index (χ1) is 18.1. The van der Waals surface area contributed by atoms with Crippen LogP contribution in [0, 0.1) is 0 Å². The summed E-state index contributed by atoms with van der Waals surface area (Å²) in [6.45, 7) is 2.64. The molecule has 1 amide bonds. The van der Waals surface area contributed by atoms with Crippen LogP contribution in [0.2, 0.25) is 5.02 Å². The summed E-state index contributed by atoms with van der Waals surface area (Å²) in [5.41, 5.74) is 5.09. The number of carbonyl (C=O) groups is 1. The van der Waals surface area contributed by atoms with E-state index in [0.717, 1.165) is 54.9 Å². The zero-order chi connectivity index (χ0) is 25.2. The zero-order valence-electron chi connectivity index (χ0n) is 20.0. The Morgan fingerprint density at radius 1 is 1.14 bits per heavy atom. The summed E-state index contributed by atoms with van der Waals surface area (Å²) in [5, 5.41) is 15.2. The minimum atomic E-state index is 0.0132. The molecule has 1 saturated heterocycles. The first-order valence-electron chi connectivity index (χ1n) is 12.3. The number of tetrazole rings is 1. The van der Waals surface area contributed by atoms with Crippen molar-refractivity contribution in [3.05, 3.63) is 76.7 Å². The Hall–Kier alpha value is -3.89. The van der Waals surface area contributed by atoms with Crippen molar-refractivity contribution in [2.75, 3.05) is 25.1 Å². The first kappa shape index (κ1) is 23.5. The molecule has 2 aromatic heterocycles. The fraction of sp³-hybridized carbons (Fsp3) is 0.308. The molecule has 0 radical (unpaired) electrons. The van der Waals surface area contributed by atoms with Crippen LogP contribution in [-0.4, -0.2) is 66.8 Å². The predicted molar refractivity (Wildman–Crippen MR) is 138 cm³/mol. The second-order valence-corrected chi connectivity index (χ2v) is 9.60. The van der Waals surface area contributed by atoms with Crippen molar-refractivity contribution in [3.63, 3.8) is 0 Å². The molecule has 11 heteroatoms. The molecule has 2 aliphatic heterocycles. The number of hydrogen-bond donors (Lipinski definition) is 1. The molecule has 1 fully saturated rings. The highest BCUT2D eigenvalue weighted by Gasteiger charge is 2.28. The van der Waals surface area contributed by atoms with E-state index in [4.69, 9.17) is 16.3 Å². The van der Waals surface area contributed by atoms with Crippen molar-refractivity contribution in [1.82, 2.24) is 35.1 Å². The highest BCUT2D eigenvalue weighted by molar-refractivity contribution is 6.33. The molecule has 37 heavy (non-hydrogen) atoms. The number of fused-ring (bicyclic) bond motifs is 1. The smallest absolute Gasteiger partial charge is 0.254 e. The number of aromatic nitrogens is 6. The Morgan fingerprint density at radius 2 is 2.03 bits per heavy atom. The number of halogens is 1. The van der Waals surface area contributed by atoms with Crippen LogP contribution in [0.15, 0.2) is 55.0 Å². The average Bonchev–Trinajstić information content (AvgIpc) is 3.58.